The monoisotopic (exact) mass is 285 g/mol. The summed E-state index contributed by atoms with van der Waals surface area (Å²) in [6.45, 7) is 4.71. The van der Waals surface area contributed by atoms with E-state index >= 15 is 0 Å². The van der Waals surface area contributed by atoms with Gasteiger partial charge in [-0.05, 0) is 25.0 Å². The van der Waals surface area contributed by atoms with Gasteiger partial charge in [-0.15, -0.1) is 0 Å². The van der Waals surface area contributed by atoms with Gasteiger partial charge in [0.05, 0.1) is 12.2 Å². The zero-order chi connectivity index (χ0) is 15.1. The Morgan fingerprint density at radius 3 is 2.57 bits per heavy atom. The third-order valence-corrected chi connectivity index (χ3v) is 3.15. The summed E-state index contributed by atoms with van der Waals surface area (Å²) in [4.78, 5) is 15.7. The molecule has 1 aliphatic rings. The van der Waals surface area contributed by atoms with Crippen molar-refractivity contribution in [2.75, 3.05) is 13.2 Å². The summed E-state index contributed by atoms with van der Waals surface area (Å²) in [5.41, 5.74) is 2.40. The van der Waals surface area contributed by atoms with Crippen LogP contribution >= 0.6 is 0 Å². The Labute approximate surface area is 124 Å². The second-order valence-electron chi connectivity index (χ2n) is 4.57. The summed E-state index contributed by atoms with van der Waals surface area (Å²) in [6, 6.07) is 9.93. The quantitative estimate of drug-likeness (QED) is 0.782. The van der Waals surface area contributed by atoms with Gasteiger partial charge in [-0.25, -0.2) is 9.79 Å². The third-order valence-electron chi connectivity index (χ3n) is 3.15. The molecule has 0 saturated carbocycles. The topological polar surface area (TPSA) is 47.9 Å². The first-order valence-corrected chi connectivity index (χ1v) is 7.10. The molecule has 4 nitrogen and oxygen atoms in total. The molecule has 1 atom stereocenters. The van der Waals surface area contributed by atoms with Crippen LogP contribution in [0.25, 0.3) is 0 Å². The number of aliphatic imine (C=N–C) groups is 1. The lowest BCUT2D eigenvalue weighted by Gasteiger charge is -2.24. The lowest BCUT2D eigenvalue weighted by atomic mass is 9.94. The maximum Gasteiger partial charge on any atom is 0.223 e. The van der Waals surface area contributed by atoms with E-state index < -0.39 is 6.10 Å². The molecule has 0 spiro atoms. The molecule has 0 aromatic heterocycles. The SMILES string of the molecule is CCOC1=NC=C(Cc2ccccc2)C(=C=O)C1OCC. The molecule has 0 N–H and O–H groups in total. The Morgan fingerprint density at radius 2 is 1.95 bits per heavy atom. The van der Waals surface area contributed by atoms with Gasteiger partial charge in [-0.1, -0.05) is 30.3 Å². The van der Waals surface area contributed by atoms with Gasteiger partial charge in [0.1, 0.15) is 5.94 Å². The van der Waals surface area contributed by atoms with Crippen LogP contribution in [0.5, 0.6) is 0 Å². The third kappa shape index (κ3) is 3.69. The van der Waals surface area contributed by atoms with Gasteiger partial charge in [-0.2, -0.15) is 0 Å². The summed E-state index contributed by atoms with van der Waals surface area (Å²) < 4.78 is 11.1. The number of rotatable bonds is 5. The molecule has 1 aromatic carbocycles. The Hall–Kier alpha value is -2.16. The van der Waals surface area contributed by atoms with Crippen LogP contribution in [0.2, 0.25) is 0 Å². The van der Waals surface area contributed by atoms with Crippen molar-refractivity contribution in [3.63, 3.8) is 0 Å². The first-order valence-electron chi connectivity index (χ1n) is 7.10. The van der Waals surface area contributed by atoms with Crippen molar-refractivity contribution in [2.24, 2.45) is 4.99 Å². The Bertz CT molecular complexity index is 583. The first-order chi connectivity index (χ1) is 10.3. The number of hydrogen-bond donors (Lipinski definition) is 0. The van der Waals surface area contributed by atoms with Crippen LogP contribution in [0.1, 0.15) is 19.4 Å². The summed E-state index contributed by atoms with van der Waals surface area (Å²) in [5.74, 6) is 2.44. The van der Waals surface area contributed by atoms with E-state index in [9.17, 15) is 4.79 Å². The maximum absolute atomic E-state index is 11.4. The summed E-state index contributed by atoms with van der Waals surface area (Å²) in [5, 5.41) is 0. The summed E-state index contributed by atoms with van der Waals surface area (Å²) in [7, 11) is 0. The van der Waals surface area contributed by atoms with E-state index in [2.05, 4.69) is 4.99 Å². The molecule has 0 aliphatic carbocycles. The number of ether oxygens (including phenoxy) is 2. The molecule has 110 valence electrons. The summed E-state index contributed by atoms with van der Waals surface area (Å²) in [6.07, 6.45) is 1.74. The second kappa shape index (κ2) is 7.58. The molecule has 0 fully saturated rings. The highest BCUT2D eigenvalue weighted by molar-refractivity contribution is 5.91. The molecular formula is C17H19NO3. The highest BCUT2D eigenvalue weighted by Crippen LogP contribution is 2.24. The van der Waals surface area contributed by atoms with Gasteiger partial charge in [-0.3, -0.25) is 0 Å². The fourth-order valence-electron chi connectivity index (χ4n) is 2.23. The van der Waals surface area contributed by atoms with Gasteiger partial charge in [0.15, 0.2) is 6.10 Å². The van der Waals surface area contributed by atoms with Crippen LogP contribution < -0.4 is 0 Å². The molecule has 1 unspecified atom stereocenters. The fraction of sp³-hybridized carbons (Fsp3) is 0.353. The van der Waals surface area contributed by atoms with Crippen LogP contribution in [0.15, 0.2) is 52.7 Å². The zero-order valence-electron chi connectivity index (χ0n) is 12.3. The van der Waals surface area contributed by atoms with Crippen molar-refractivity contribution in [1.82, 2.24) is 0 Å². The van der Waals surface area contributed by atoms with E-state index in [0.29, 0.717) is 31.1 Å². The lowest BCUT2D eigenvalue weighted by Crippen LogP contribution is -2.32. The minimum absolute atomic E-state index is 0.425. The van der Waals surface area contributed by atoms with E-state index in [1.165, 1.54) is 0 Å². The molecule has 1 heterocycles. The normalized spacial score (nSPS) is 17.8. The van der Waals surface area contributed by atoms with Crippen molar-refractivity contribution < 1.29 is 14.3 Å². The molecular weight excluding hydrogens is 266 g/mol. The van der Waals surface area contributed by atoms with Crippen LogP contribution in [-0.4, -0.2) is 31.2 Å². The second-order valence-corrected chi connectivity index (χ2v) is 4.57. The molecule has 1 aliphatic heterocycles. The molecule has 0 saturated heterocycles. The molecule has 21 heavy (non-hydrogen) atoms. The summed E-state index contributed by atoms with van der Waals surface area (Å²) >= 11 is 0. The molecule has 2 rings (SSSR count). The van der Waals surface area contributed by atoms with E-state index in [4.69, 9.17) is 9.47 Å². The standard InChI is InChI=1S/C17H19NO3/c1-3-20-16-15(12-19)14(11-18-17(16)21-4-2)10-13-8-6-5-7-9-13/h5-9,11,16H,3-4,10H2,1-2H3. The predicted molar refractivity (Wildman–Crippen MR) is 81.9 cm³/mol. The Morgan fingerprint density at radius 1 is 1.19 bits per heavy atom. The van der Waals surface area contributed by atoms with Gasteiger partial charge in [0.2, 0.25) is 5.90 Å². The van der Waals surface area contributed by atoms with Gasteiger partial charge in [0, 0.05) is 19.2 Å². The first kappa shape index (κ1) is 15.2. The largest absolute Gasteiger partial charge is 0.479 e. The van der Waals surface area contributed by atoms with Crippen LogP contribution in [-0.2, 0) is 20.7 Å². The van der Waals surface area contributed by atoms with Crippen molar-refractivity contribution in [1.29, 1.82) is 0 Å². The van der Waals surface area contributed by atoms with E-state index in [0.717, 1.165) is 11.1 Å². The lowest BCUT2D eigenvalue weighted by molar-refractivity contribution is 0.111. The Kier molecular flexibility index (Phi) is 5.50. The average Bonchev–Trinajstić information content (AvgIpc) is 2.51. The highest BCUT2D eigenvalue weighted by atomic mass is 16.5. The molecule has 4 heteroatoms. The zero-order valence-corrected chi connectivity index (χ0v) is 12.3. The number of benzene rings is 1. The molecule has 0 amide bonds. The predicted octanol–water partition coefficient (Wildman–Crippen LogP) is 2.72. The van der Waals surface area contributed by atoms with E-state index in [-0.39, 0.29) is 0 Å². The molecule has 1 aromatic rings. The fourth-order valence-corrected chi connectivity index (χ4v) is 2.23. The van der Waals surface area contributed by atoms with Gasteiger partial charge >= 0.3 is 0 Å². The smallest absolute Gasteiger partial charge is 0.223 e. The van der Waals surface area contributed by atoms with Crippen molar-refractivity contribution in [2.45, 2.75) is 26.4 Å². The van der Waals surface area contributed by atoms with Crippen LogP contribution in [0, 0.1) is 0 Å². The van der Waals surface area contributed by atoms with Crippen molar-refractivity contribution >= 4 is 11.8 Å². The van der Waals surface area contributed by atoms with Crippen LogP contribution in [0.4, 0.5) is 0 Å². The number of nitrogens with zero attached hydrogens (tertiary/aromatic N) is 1. The van der Waals surface area contributed by atoms with E-state index in [1.54, 1.807) is 6.20 Å². The average molecular weight is 285 g/mol. The van der Waals surface area contributed by atoms with Crippen LogP contribution in [0.3, 0.4) is 0 Å². The van der Waals surface area contributed by atoms with E-state index in [1.807, 2.05) is 50.1 Å². The van der Waals surface area contributed by atoms with Crippen molar-refractivity contribution in [3.05, 3.63) is 53.2 Å². The maximum atomic E-state index is 11.4. The Balaban J connectivity index is 2.29. The number of carbonyl (C=O) groups excluding carboxylic acids is 1. The van der Waals surface area contributed by atoms with Gasteiger partial charge < -0.3 is 9.47 Å². The minimum atomic E-state index is -0.559. The number of hydrogen-bond acceptors (Lipinski definition) is 4. The minimum Gasteiger partial charge on any atom is -0.479 e. The van der Waals surface area contributed by atoms with Gasteiger partial charge in [0.25, 0.3) is 0 Å². The molecule has 0 bridgehead atoms. The molecule has 0 radical (unpaired) electrons. The highest BCUT2D eigenvalue weighted by Gasteiger charge is 2.29. The van der Waals surface area contributed by atoms with Crippen molar-refractivity contribution in [3.8, 4) is 0 Å².